The van der Waals surface area contributed by atoms with E-state index in [0.29, 0.717) is 5.75 Å². The predicted octanol–water partition coefficient (Wildman–Crippen LogP) is 2.74. The predicted molar refractivity (Wildman–Crippen MR) is 101 cm³/mol. The largest absolute Gasteiger partial charge is 0.496 e. The molecule has 2 N–H and O–H groups in total. The highest BCUT2D eigenvalue weighted by Gasteiger charge is 2.19. The molecule has 0 aliphatic heterocycles. The number of amides is 1. The second kappa shape index (κ2) is 8.84. The van der Waals surface area contributed by atoms with Crippen molar-refractivity contribution in [1.29, 1.82) is 0 Å². The monoisotopic (exact) mass is 394 g/mol. The maximum absolute atomic E-state index is 12.4. The molecular formula is C18H19ClN2O4S. The molecule has 0 unspecified atom stereocenters. The average Bonchev–Trinajstić information content (AvgIpc) is 2.64. The molecule has 2 aromatic rings. The summed E-state index contributed by atoms with van der Waals surface area (Å²) < 4.78 is 32.1. The van der Waals surface area contributed by atoms with Gasteiger partial charge >= 0.3 is 0 Å². The molecule has 0 heterocycles. The number of para-hydroxylation sites is 1. The number of carbonyl (C=O) groups is 1. The zero-order valence-corrected chi connectivity index (χ0v) is 15.7. The fraction of sp³-hybridized carbons (Fsp3) is 0.167. The van der Waals surface area contributed by atoms with E-state index in [-0.39, 0.29) is 28.6 Å². The summed E-state index contributed by atoms with van der Waals surface area (Å²) in [5.74, 6) is 0.230. The van der Waals surface area contributed by atoms with Crippen LogP contribution in [0.1, 0.15) is 15.9 Å². The first kappa shape index (κ1) is 20.0. The second-order valence-corrected chi connectivity index (χ2v) is 7.42. The lowest BCUT2D eigenvalue weighted by Gasteiger charge is -2.11. The molecule has 0 bridgehead atoms. The Labute approximate surface area is 157 Å². The Balaban J connectivity index is 2.19. The van der Waals surface area contributed by atoms with Crippen LogP contribution in [0.2, 0.25) is 5.02 Å². The quantitative estimate of drug-likeness (QED) is 0.674. The molecule has 6 nitrogen and oxygen atoms in total. The second-order valence-electron chi connectivity index (χ2n) is 5.28. The first-order valence-corrected chi connectivity index (χ1v) is 9.55. The molecule has 0 saturated carbocycles. The van der Waals surface area contributed by atoms with Gasteiger partial charge in [-0.25, -0.2) is 13.1 Å². The van der Waals surface area contributed by atoms with Crippen LogP contribution in [-0.4, -0.2) is 28.0 Å². The fourth-order valence-electron chi connectivity index (χ4n) is 2.22. The summed E-state index contributed by atoms with van der Waals surface area (Å²) in [6.07, 6.45) is 1.41. The van der Waals surface area contributed by atoms with Crippen molar-refractivity contribution in [3.63, 3.8) is 0 Å². The molecule has 0 spiro atoms. The van der Waals surface area contributed by atoms with Gasteiger partial charge in [-0.05, 0) is 24.3 Å². The minimum absolute atomic E-state index is 0.0304. The third-order valence-corrected chi connectivity index (χ3v) is 5.44. The van der Waals surface area contributed by atoms with E-state index in [9.17, 15) is 13.2 Å². The van der Waals surface area contributed by atoms with Gasteiger partial charge in [0.2, 0.25) is 10.0 Å². The minimum Gasteiger partial charge on any atom is -0.496 e. The van der Waals surface area contributed by atoms with Gasteiger partial charge in [0, 0.05) is 24.2 Å². The lowest BCUT2D eigenvalue weighted by Crippen LogP contribution is -2.26. The highest BCUT2D eigenvalue weighted by Crippen LogP contribution is 2.23. The molecule has 0 aromatic heterocycles. The van der Waals surface area contributed by atoms with Gasteiger partial charge in [-0.2, -0.15) is 0 Å². The van der Waals surface area contributed by atoms with E-state index >= 15 is 0 Å². The van der Waals surface area contributed by atoms with Gasteiger partial charge in [0.25, 0.3) is 5.91 Å². The van der Waals surface area contributed by atoms with Gasteiger partial charge in [-0.1, -0.05) is 35.9 Å². The molecule has 0 saturated heterocycles. The SMILES string of the molecule is C=CCNS(=O)(=O)c1cc(C(=O)NCc2ccccc2OC)ccc1Cl. The van der Waals surface area contributed by atoms with Gasteiger partial charge in [0.05, 0.1) is 12.1 Å². The van der Waals surface area contributed by atoms with Crippen molar-refractivity contribution < 1.29 is 17.9 Å². The summed E-state index contributed by atoms with van der Waals surface area (Å²) in [4.78, 5) is 12.2. The van der Waals surface area contributed by atoms with Crippen LogP contribution in [0.15, 0.2) is 60.0 Å². The molecule has 8 heteroatoms. The Hall–Kier alpha value is -2.35. The van der Waals surface area contributed by atoms with Crippen LogP contribution in [-0.2, 0) is 16.6 Å². The lowest BCUT2D eigenvalue weighted by molar-refractivity contribution is 0.0950. The molecule has 2 rings (SSSR count). The van der Waals surface area contributed by atoms with Crippen LogP contribution < -0.4 is 14.8 Å². The molecule has 0 radical (unpaired) electrons. The van der Waals surface area contributed by atoms with Crippen molar-refractivity contribution in [2.24, 2.45) is 0 Å². The third-order valence-electron chi connectivity index (χ3n) is 3.53. The van der Waals surface area contributed by atoms with Crippen molar-refractivity contribution >= 4 is 27.5 Å². The van der Waals surface area contributed by atoms with E-state index in [4.69, 9.17) is 16.3 Å². The summed E-state index contributed by atoms with van der Waals surface area (Å²) in [5.41, 5.74) is 0.987. The first-order valence-electron chi connectivity index (χ1n) is 7.69. The number of nitrogens with one attached hydrogen (secondary N) is 2. The number of methoxy groups -OCH3 is 1. The van der Waals surface area contributed by atoms with Crippen LogP contribution in [0, 0.1) is 0 Å². The van der Waals surface area contributed by atoms with Crippen molar-refractivity contribution in [3.05, 3.63) is 71.3 Å². The van der Waals surface area contributed by atoms with E-state index in [0.717, 1.165) is 5.56 Å². The van der Waals surface area contributed by atoms with E-state index in [1.807, 2.05) is 18.2 Å². The fourth-order valence-corrected chi connectivity index (χ4v) is 3.75. The van der Waals surface area contributed by atoms with Crippen LogP contribution in [0.5, 0.6) is 5.75 Å². The number of rotatable bonds is 8. The summed E-state index contributed by atoms with van der Waals surface area (Å²) in [6, 6.07) is 11.4. The zero-order chi connectivity index (χ0) is 19.2. The van der Waals surface area contributed by atoms with Gasteiger partial charge in [0.15, 0.2) is 0 Å². The van der Waals surface area contributed by atoms with E-state index < -0.39 is 15.9 Å². The van der Waals surface area contributed by atoms with Gasteiger partial charge in [0.1, 0.15) is 10.6 Å². The average molecular weight is 395 g/mol. The third kappa shape index (κ3) is 4.85. The first-order chi connectivity index (χ1) is 12.4. The number of carbonyl (C=O) groups excluding carboxylic acids is 1. The van der Waals surface area contributed by atoms with Gasteiger partial charge in [-0.3, -0.25) is 4.79 Å². The molecule has 2 aromatic carbocycles. The molecule has 1 amide bonds. The Morgan fingerprint density at radius 3 is 2.69 bits per heavy atom. The Bertz CT molecular complexity index is 913. The van der Waals surface area contributed by atoms with Crippen LogP contribution >= 0.6 is 11.6 Å². The maximum atomic E-state index is 12.4. The molecule has 0 atom stereocenters. The van der Waals surface area contributed by atoms with E-state index in [1.165, 1.54) is 24.3 Å². The highest BCUT2D eigenvalue weighted by molar-refractivity contribution is 7.89. The summed E-state index contributed by atoms with van der Waals surface area (Å²) in [7, 11) is -2.29. The minimum atomic E-state index is -3.84. The topological polar surface area (TPSA) is 84.5 Å². The standard InChI is InChI=1S/C18H19ClN2O4S/c1-3-10-21-26(23,24)17-11-13(8-9-15(17)19)18(22)20-12-14-6-4-5-7-16(14)25-2/h3-9,11,21H,1,10,12H2,2H3,(H,20,22). The van der Waals surface area contributed by atoms with Crippen LogP contribution in [0.25, 0.3) is 0 Å². The van der Waals surface area contributed by atoms with Crippen LogP contribution in [0.3, 0.4) is 0 Å². The number of ether oxygens (including phenoxy) is 1. The van der Waals surface area contributed by atoms with Gasteiger partial charge < -0.3 is 10.1 Å². The normalized spacial score (nSPS) is 11.0. The Morgan fingerprint density at radius 2 is 2.00 bits per heavy atom. The smallest absolute Gasteiger partial charge is 0.251 e. The molecule has 0 fully saturated rings. The van der Waals surface area contributed by atoms with E-state index in [2.05, 4.69) is 16.6 Å². The van der Waals surface area contributed by atoms with Gasteiger partial charge in [-0.15, -0.1) is 6.58 Å². The van der Waals surface area contributed by atoms with Crippen molar-refractivity contribution in [1.82, 2.24) is 10.0 Å². The Kier molecular flexibility index (Phi) is 6.79. The molecular weight excluding hydrogens is 376 g/mol. The van der Waals surface area contributed by atoms with Crippen molar-refractivity contribution in [2.45, 2.75) is 11.4 Å². The highest BCUT2D eigenvalue weighted by atomic mass is 35.5. The van der Waals surface area contributed by atoms with Crippen LogP contribution in [0.4, 0.5) is 0 Å². The van der Waals surface area contributed by atoms with E-state index in [1.54, 1.807) is 13.2 Å². The van der Waals surface area contributed by atoms with Crippen molar-refractivity contribution in [3.8, 4) is 5.75 Å². The number of halogens is 1. The number of sulfonamides is 1. The number of hydrogen-bond donors (Lipinski definition) is 2. The Morgan fingerprint density at radius 1 is 1.27 bits per heavy atom. The molecule has 0 aliphatic rings. The molecule has 26 heavy (non-hydrogen) atoms. The molecule has 138 valence electrons. The molecule has 0 aliphatic carbocycles. The maximum Gasteiger partial charge on any atom is 0.251 e. The zero-order valence-electron chi connectivity index (χ0n) is 14.2. The lowest BCUT2D eigenvalue weighted by atomic mass is 10.1. The summed E-state index contributed by atoms with van der Waals surface area (Å²) in [5, 5.41) is 2.77. The number of benzene rings is 2. The summed E-state index contributed by atoms with van der Waals surface area (Å²) in [6.45, 7) is 3.76. The number of hydrogen-bond acceptors (Lipinski definition) is 4. The van der Waals surface area contributed by atoms with Crippen molar-refractivity contribution in [2.75, 3.05) is 13.7 Å². The summed E-state index contributed by atoms with van der Waals surface area (Å²) >= 11 is 5.98.